The molecule has 3 aromatic rings. The van der Waals surface area contributed by atoms with E-state index in [1.54, 1.807) is 37.8 Å². The number of fused-ring (bicyclic) bond motifs is 5. The second kappa shape index (κ2) is 15.5. The SMILES string of the molecule is COC.COc1ccc2c(c1)CC(C)(S(=O)(=O)N1CCOCC1)Cn1c-2c(C2CCCCC2)c2ccc(C(=O)NS(=O)(=O)N3CCOCC3)cc21. The first-order valence-electron chi connectivity index (χ1n) is 17.6. The molecule has 3 fully saturated rings. The third-order valence-electron chi connectivity index (χ3n) is 10.5. The number of hydrogen-bond acceptors (Lipinski definition) is 9. The molecule has 1 aliphatic carbocycles. The van der Waals surface area contributed by atoms with E-state index >= 15 is 0 Å². The minimum Gasteiger partial charge on any atom is -0.497 e. The zero-order valence-corrected chi connectivity index (χ0v) is 31.6. The Morgan fingerprint density at radius 2 is 1.49 bits per heavy atom. The molecule has 2 saturated heterocycles. The van der Waals surface area contributed by atoms with Crippen LogP contribution in [0.15, 0.2) is 36.4 Å². The highest BCUT2D eigenvalue weighted by Gasteiger charge is 2.47. The molecule has 15 heteroatoms. The van der Waals surface area contributed by atoms with E-state index < -0.39 is 30.9 Å². The molecule has 13 nitrogen and oxygen atoms in total. The number of ether oxygens (including phenoxy) is 4. The van der Waals surface area contributed by atoms with Crippen molar-refractivity contribution in [3.63, 3.8) is 0 Å². The predicted octanol–water partition coefficient (Wildman–Crippen LogP) is 3.91. The molecular formula is C36H50N4O9S2. The highest BCUT2D eigenvalue weighted by atomic mass is 32.2. The summed E-state index contributed by atoms with van der Waals surface area (Å²) < 4.78 is 81.9. The van der Waals surface area contributed by atoms with Crippen molar-refractivity contribution in [1.82, 2.24) is 17.9 Å². The van der Waals surface area contributed by atoms with Crippen LogP contribution in [0, 0.1) is 0 Å². The molecule has 1 atom stereocenters. The van der Waals surface area contributed by atoms with Gasteiger partial charge in [-0.05, 0) is 73.6 Å². The summed E-state index contributed by atoms with van der Waals surface area (Å²) in [7, 11) is -3.06. The average molecular weight is 747 g/mol. The topological polar surface area (TPSA) is 146 Å². The van der Waals surface area contributed by atoms with Crippen LogP contribution in [0.4, 0.5) is 0 Å². The third-order valence-corrected chi connectivity index (χ3v) is 14.5. The fraction of sp³-hybridized carbons (Fsp3) is 0.583. The molecule has 1 amide bonds. The van der Waals surface area contributed by atoms with E-state index in [0.29, 0.717) is 24.5 Å². The fourth-order valence-electron chi connectivity index (χ4n) is 7.94. The highest BCUT2D eigenvalue weighted by molar-refractivity contribution is 7.90. The quantitative estimate of drug-likeness (QED) is 0.381. The molecule has 2 aromatic carbocycles. The maximum atomic E-state index is 14.6. The van der Waals surface area contributed by atoms with Crippen molar-refractivity contribution in [1.29, 1.82) is 0 Å². The van der Waals surface area contributed by atoms with E-state index in [-0.39, 0.29) is 63.8 Å². The Morgan fingerprint density at radius 1 is 0.863 bits per heavy atom. The van der Waals surface area contributed by atoms with Gasteiger partial charge in [-0.15, -0.1) is 0 Å². The normalized spacial score (nSPS) is 22.3. The molecule has 1 saturated carbocycles. The van der Waals surface area contributed by atoms with Crippen LogP contribution in [0.2, 0.25) is 0 Å². The smallest absolute Gasteiger partial charge is 0.304 e. The number of nitrogens with zero attached hydrogens (tertiary/aromatic N) is 3. The summed E-state index contributed by atoms with van der Waals surface area (Å²) in [5.74, 6) is 0.179. The van der Waals surface area contributed by atoms with Gasteiger partial charge in [-0.3, -0.25) is 4.79 Å². The number of carbonyl (C=O) groups is 1. The number of benzene rings is 2. The summed E-state index contributed by atoms with van der Waals surface area (Å²) in [5.41, 5.74) is 4.88. The standard InChI is InChI=1S/C34H44N4O8S2.C2H6O/c1-34(47(40,41)36-12-16-45-17-13-36)22-26-20-27(44-2)9-11-28(26)32-31(24-6-4-3-5-7-24)29-10-8-25(21-30(29)38(32)23-34)33(39)35-48(42,43)37-14-18-46-19-15-37;1-3-2/h8-11,20-21,24H,3-7,12-19,22-23H2,1-2H3,(H,35,39);1-2H3. The number of sulfonamides is 1. The lowest BCUT2D eigenvalue weighted by Gasteiger charge is -2.36. The zero-order chi connectivity index (χ0) is 36.4. The number of nitrogens with one attached hydrogen (secondary N) is 1. The van der Waals surface area contributed by atoms with Gasteiger partial charge in [-0.2, -0.15) is 17.0 Å². The number of rotatable bonds is 7. The molecule has 280 valence electrons. The zero-order valence-electron chi connectivity index (χ0n) is 30.0. The molecule has 3 aliphatic heterocycles. The van der Waals surface area contributed by atoms with Crippen LogP contribution >= 0.6 is 0 Å². The van der Waals surface area contributed by atoms with Crippen molar-refractivity contribution >= 4 is 37.0 Å². The molecule has 0 bridgehead atoms. The van der Waals surface area contributed by atoms with Gasteiger partial charge in [0, 0.05) is 69.0 Å². The lowest BCUT2D eigenvalue weighted by Crippen LogP contribution is -2.53. The molecule has 1 aromatic heterocycles. The minimum atomic E-state index is -4.08. The number of morpholine rings is 2. The van der Waals surface area contributed by atoms with Crippen molar-refractivity contribution < 1.29 is 40.6 Å². The first kappa shape index (κ1) is 37.7. The summed E-state index contributed by atoms with van der Waals surface area (Å²) in [6.45, 7) is 4.09. The molecule has 4 heterocycles. The molecule has 0 radical (unpaired) electrons. The van der Waals surface area contributed by atoms with Gasteiger partial charge in [0.1, 0.15) is 10.5 Å². The van der Waals surface area contributed by atoms with Crippen LogP contribution in [-0.4, -0.2) is 115 Å². The second-order valence-corrected chi connectivity index (χ2v) is 18.1. The number of amides is 1. The van der Waals surface area contributed by atoms with E-state index in [9.17, 15) is 21.6 Å². The Labute approximate surface area is 301 Å². The van der Waals surface area contributed by atoms with Gasteiger partial charge in [0.05, 0.1) is 39.2 Å². The molecule has 1 unspecified atom stereocenters. The highest BCUT2D eigenvalue weighted by Crippen LogP contribution is 2.49. The van der Waals surface area contributed by atoms with Crippen molar-refractivity contribution in [2.45, 2.75) is 62.7 Å². The van der Waals surface area contributed by atoms with E-state index in [4.69, 9.17) is 14.2 Å². The Kier molecular flexibility index (Phi) is 11.5. The monoisotopic (exact) mass is 746 g/mol. The van der Waals surface area contributed by atoms with Gasteiger partial charge in [0.25, 0.3) is 5.91 Å². The first-order valence-corrected chi connectivity index (χ1v) is 20.5. The average Bonchev–Trinajstić information content (AvgIpc) is 3.37. The summed E-state index contributed by atoms with van der Waals surface area (Å²) in [5, 5.41) is 0.958. The van der Waals surface area contributed by atoms with Gasteiger partial charge >= 0.3 is 10.2 Å². The lowest BCUT2D eigenvalue weighted by molar-refractivity contribution is 0.0717. The van der Waals surface area contributed by atoms with Gasteiger partial charge in [-0.25, -0.2) is 13.1 Å². The van der Waals surface area contributed by atoms with E-state index in [1.165, 1.54) is 10.7 Å². The first-order chi connectivity index (χ1) is 24.4. The summed E-state index contributed by atoms with van der Waals surface area (Å²) in [6.07, 6.45) is 5.69. The number of aromatic nitrogens is 1. The third kappa shape index (κ3) is 7.44. The van der Waals surface area contributed by atoms with Crippen molar-refractivity contribution in [3.05, 3.63) is 53.1 Å². The number of hydrogen-bond donors (Lipinski definition) is 1. The Bertz CT molecular complexity index is 1950. The van der Waals surface area contributed by atoms with Crippen LogP contribution < -0.4 is 9.46 Å². The fourth-order valence-corrected chi connectivity index (χ4v) is 10.9. The van der Waals surface area contributed by atoms with Gasteiger partial charge in [-0.1, -0.05) is 25.3 Å². The van der Waals surface area contributed by atoms with Crippen LogP contribution in [0.25, 0.3) is 22.2 Å². The van der Waals surface area contributed by atoms with E-state index in [2.05, 4.69) is 14.0 Å². The second-order valence-electron chi connectivity index (χ2n) is 13.9. The van der Waals surface area contributed by atoms with Crippen LogP contribution in [-0.2, 0) is 47.4 Å². The Balaban J connectivity index is 0.00000144. The number of carbonyl (C=O) groups excluding carboxylic acids is 1. The van der Waals surface area contributed by atoms with Gasteiger partial charge < -0.3 is 23.5 Å². The summed E-state index contributed by atoms with van der Waals surface area (Å²) in [6, 6.07) is 11.2. The molecule has 0 spiro atoms. The number of methoxy groups -OCH3 is 2. The lowest BCUT2D eigenvalue weighted by atomic mass is 9.81. The molecular weight excluding hydrogens is 697 g/mol. The molecule has 1 N–H and O–H groups in total. The maximum absolute atomic E-state index is 14.6. The van der Waals surface area contributed by atoms with Crippen LogP contribution in [0.5, 0.6) is 5.75 Å². The summed E-state index contributed by atoms with van der Waals surface area (Å²) >= 11 is 0. The van der Waals surface area contributed by atoms with E-state index in [0.717, 1.165) is 53.5 Å². The van der Waals surface area contributed by atoms with Crippen molar-refractivity contribution in [2.75, 3.05) is 73.9 Å². The summed E-state index contributed by atoms with van der Waals surface area (Å²) in [4.78, 5) is 13.6. The molecule has 7 rings (SSSR count). The Morgan fingerprint density at radius 3 is 2.12 bits per heavy atom. The van der Waals surface area contributed by atoms with Crippen molar-refractivity contribution in [3.8, 4) is 17.0 Å². The predicted molar refractivity (Wildman–Crippen MR) is 195 cm³/mol. The largest absolute Gasteiger partial charge is 0.497 e. The van der Waals surface area contributed by atoms with Crippen LogP contribution in [0.3, 0.4) is 0 Å². The van der Waals surface area contributed by atoms with Gasteiger partial charge in [0.15, 0.2) is 0 Å². The maximum Gasteiger partial charge on any atom is 0.304 e. The van der Waals surface area contributed by atoms with Crippen LogP contribution in [0.1, 0.15) is 66.4 Å². The van der Waals surface area contributed by atoms with E-state index in [1.807, 2.05) is 31.2 Å². The van der Waals surface area contributed by atoms with Crippen molar-refractivity contribution in [2.24, 2.45) is 0 Å². The van der Waals surface area contributed by atoms with Gasteiger partial charge in [0.2, 0.25) is 10.0 Å². The Hall–Kier alpha value is -3.05. The molecule has 4 aliphatic rings. The minimum absolute atomic E-state index is 0.152. The molecule has 51 heavy (non-hydrogen) atoms.